The van der Waals surface area contributed by atoms with Crippen LogP contribution >= 0.6 is 11.8 Å². The molecule has 0 radical (unpaired) electrons. The van der Waals surface area contributed by atoms with E-state index in [1.165, 1.54) is 17.8 Å². The molecule has 118 valence electrons. The molecule has 1 aromatic heterocycles. The first-order valence-electron chi connectivity index (χ1n) is 7.19. The summed E-state index contributed by atoms with van der Waals surface area (Å²) >= 11 is 1.32. The summed E-state index contributed by atoms with van der Waals surface area (Å²) in [4.78, 5) is 12.4. The van der Waals surface area contributed by atoms with E-state index in [9.17, 15) is 14.3 Å². The van der Waals surface area contributed by atoms with Crippen LogP contribution in [0.15, 0.2) is 52.3 Å². The molecule has 0 bridgehead atoms. The number of benzene rings is 2. The van der Waals surface area contributed by atoms with Gasteiger partial charge in [0.15, 0.2) is 0 Å². The molecule has 0 aliphatic heterocycles. The minimum absolute atomic E-state index is 0. The Morgan fingerprint density at radius 3 is 2.58 bits per heavy atom. The maximum Gasteiger partial charge on any atom is 1.00 e. The Morgan fingerprint density at radius 1 is 1.21 bits per heavy atom. The summed E-state index contributed by atoms with van der Waals surface area (Å²) in [6.45, 7) is 3.60. The minimum Gasteiger partial charge on any atom is -0.548 e. The third-order valence-corrected chi connectivity index (χ3v) is 5.03. The molecule has 0 saturated heterocycles. The number of nitrogens with zero attached hydrogens (tertiary/aromatic N) is 1. The molecule has 0 spiro atoms. The monoisotopic (exact) mass is 351 g/mol. The number of carboxylic acids is 1. The first-order valence-corrected chi connectivity index (χ1v) is 8.00. The number of aromatic nitrogens is 1. The maximum atomic E-state index is 14.0. The van der Waals surface area contributed by atoms with Gasteiger partial charge in [-0.15, -0.1) is 0 Å². The predicted molar refractivity (Wildman–Crippen MR) is 86.9 cm³/mol. The molecule has 3 aromatic rings. The summed E-state index contributed by atoms with van der Waals surface area (Å²) in [6.07, 6.45) is 0. The summed E-state index contributed by atoms with van der Waals surface area (Å²) in [7, 11) is 0. The van der Waals surface area contributed by atoms with Crippen LogP contribution in [0.5, 0.6) is 0 Å². The average molecular weight is 351 g/mol. The maximum absolute atomic E-state index is 14.0. The largest absolute Gasteiger partial charge is 1.00 e. The van der Waals surface area contributed by atoms with E-state index in [2.05, 4.69) is 0 Å². The summed E-state index contributed by atoms with van der Waals surface area (Å²) in [5.41, 5.74) is 2.68. The second-order valence-electron chi connectivity index (χ2n) is 5.43. The molecule has 0 atom stereocenters. The molecule has 24 heavy (non-hydrogen) atoms. The van der Waals surface area contributed by atoms with Crippen molar-refractivity contribution in [1.29, 1.82) is 0 Å². The van der Waals surface area contributed by atoms with Crippen molar-refractivity contribution >= 4 is 28.6 Å². The van der Waals surface area contributed by atoms with E-state index in [0.29, 0.717) is 4.90 Å². The summed E-state index contributed by atoms with van der Waals surface area (Å²) in [6, 6.07) is 12.4. The number of carbonyl (C=O) groups excluding carboxylic acids is 1. The van der Waals surface area contributed by atoms with Crippen molar-refractivity contribution in [2.24, 2.45) is 0 Å². The van der Waals surface area contributed by atoms with Gasteiger partial charge >= 0.3 is 29.6 Å². The fraction of sp³-hybridized carbons (Fsp3) is 0.167. The fourth-order valence-electron chi connectivity index (χ4n) is 2.66. The Bertz CT molecular complexity index is 907. The zero-order valence-corrected chi connectivity index (χ0v) is 16.6. The Hall–Kier alpha value is -1.27. The van der Waals surface area contributed by atoms with Gasteiger partial charge in [0, 0.05) is 26.4 Å². The molecule has 0 fully saturated rings. The zero-order chi connectivity index (χ0) is 16.6. The molecule has 0 saturated carbocycles. The Labute approximate surface area is 166 Å². The Morgan fingerprint density at radius 2 is 1.92 bits per heavy atom. The number of rotatable bonds is 4. The van der Waals surface area contributed by atoms with Crippen molar-refractivity contribution in [2.75, 3.05) is 0 Å². The van der Waals surface area contributed by atoms with Crippen LogP contribution in [-0.2, 0) is 11.3 Å². The predicted octanol–water partition coefficient (Wildman–Crippen LogP) is 0.302. The van der Waals surface area contributed by atoms with E-state index in [1.807, 2.05) is 32.0 Å². The van der Waals surface area contributed by atoms with Gasteiger partial charge in [-0.05, 0) is 38.1 Å². The van der Waals surface area contributed by atoms with E-state index < -0.39 is 5.97 Å². The van der Waals surface area contributed by atoms with Crippen molar-refractivity contribution in [2.45, 2.75) is 30.2 Å². The van der Waals surface area contributed by atoms with Crippen LogP contribution in [0, 0.1) is 19.7 Å². The number of hydrogen-bond acceptors (Lipinski definition) is 3. The second-order valence-corrected chi connectivity index (χ2v) is 6.48. The molecule has 0 unspecified atom stereocenters. The quantitative estimate of drug-likeness (QED) is 0.636. The number of halogens is 1. The van der Waals surface area contributed by atoms with Crippen molar-refractivity contribution in [3.63, 3.8) is 0 Å². The Balaban J connectivity index is 0.00000208. The number of aryl methyl sites for hydroxylation is 1. The van der Waals surface area contributed by atoms with Gasteiger partial charge in [-0.2, -0.15) is 0 Å². The van der Waals surface area contributed by atoms with Gasteiger partial charge in [0.2, 0.25) is 0 Å². The fourth-order valence-corrected chi connectivity index (χ4v) is 3.73. The number of carbonyl (C=O) groups is 1. The molecule has 6 heteroatoms. The van der Waals surface area contributed by atoms with Gasteiger partial charge in [-0.1, -0.05) is 35.5 Å². The summed E-state index contributed by atoms with van der Waals surface area (Å²) < 4.78 is 15.7. The smallest absolute Gasteiger partial charge is 0.548 e. The summed E-state index contributed by atoms with van der Waals surface area (Å²) in [5, 5.41) is 12.0. The first-order chi connectivity index (χ1) is 11.0. The molecule has 0 N–H and O–H groups in total. The van der Waals surface area contributed by atoms with Crippen molar-refractivity contribution in [3.8, 4) is 0 Å². The van der Waals surface area contributed by atoms with Crippen LogP contribution in [-0.4, -0.2) is 10.5 Å². The van der Waals surface area contributed by atoms with Gasteiger partial charge in [-0.25, -0.2) is 4.39 Å². The number of fused-ring (bicyclic) bond motifs is 1. The molecule has 3 rings (SSSR count). The summed E-state index contributed by atoms with van der Waals surface area (Å²) in [5.74, 6) is -1.43. The van der Waals surface area contributed by atoms with Gasteiger partial charge < -0.3 is 14.5 Å². The topological polar surface area (TPSA) is 45.1 Å². The van der Waals surface area contributed by atoms with E-state index in [4.69, 9.17) is 0 Å². The van der Waals surface area contributed by atoms with Crippen LogP contribution < -0.4 is 34.7 Å². The van der Waals surface area contributed by atoms with Crippen LogP contribution in [0.1, 0.15) is 11.3 Å². The van der Waals surface area contributed by atoms with Gasteiger partial charge in [0.1, 0.15) is 5.82 Å². The first kappa shape index (κ1) is 19.1. The molecular formula is C18H15FNNaO2S. The molecule has 0 aliphatic carbocycles. The number of hydrogen-bond donors (Lipinski definition) is 0. The van der Waals surface area contributed by atoms with Crippen LogP contribution in [0.3, 0.4) is 0 Å². The molecule has 3 nitrogen and oxygen atoms in total. The van der Waals surface area contributed by atoms with E-state index in [-0.39, 0.29) is 41.9 Å². The van der Waals surface area contributed by atoms with Crippen LogP contribution in [0.2, 0.25) is 0 Å². The van der Waals surface area contributed by atoms with Gasteiger partial charge in [-0.3, -0.25) is 0 Å². The van der Waals surface area contributed by atoms with Gasteiger partial charge in [0.25, 0.3) is 0 Å². The SMILES string of the molecule is Cc1ccc2c(c1)c(Sc1ccccc1F)c(C)n2CC(=O)[O-].[Na+]. The molecule has 0 aliphatic rings. The minimum atomic E-state index is -1.15. The second kappa shape index (κ2) is 7.74. The zero-order valence-electron chi connectivity index (χ0n) is 13.8. The van der Waals surface area contributed by atoms with Crippen molar-refractivity contribution in [1.82, 2.24) is 4.57 Å². The third-order valence-electron chi connectivity index (χ3n) is 3.76. The standard InChI is InChI=1S/C18H16FNO2S.Na/c1-11-7-8-15-13(9-11)18(12(2)20(15)10-17(21)22)23-16-6-4-3-5-14(16)19;/h3-9H,10H2,1-2H3,(H,21,22);/q;+1/p-1. The normalized spacial score (nSPS) is 10.6. The van der Waals surface area contributed by atoms with Crippen LogP contribution in [0.25, 0.3) is 10.9 Å². The molecule has 1 heterocycles. The molecule has 0 amide bonds. The third kappa shape index (κ3) is 3.70. The van der Waals surface area contributed by atoms with Crippen molar-refractivity contribution < 1.29 is 43.8 Å². The van der Waals surface area contributed by atoms with Gasteiger partial charge in [0.05, 0.1) is 12.5 Å². The molecular weight excluding hydrogens is 336 g/mol. The average Bonchev–Trinajstić information content (AvgIpc) is 2.74. The van der Waals surface area contributed by atoms with E-state index in [0.717, 1.165) is 27.1 Å². The molecule has 2 aromatic carbocycles. The van der Waals surface area contributed by atoms with Crippen LogP contribution in [0.4, 0.5) is 4.39 Å². The number of aliphatic carboxylic acids is 1. The Kier molecular flexibility index (Phi) is 6.15. The van der Waals surface area contributed by atoms with E-state index in [1.54, 1.807) is 22.8 Å². The van der Waals surface area contributed by atoms with Crippen molar-refractivity contribution in [3.05, 3.63) is 59.5 Å². The van der Waals surface area contributed by atoms with E-state index >= 15 is 0 Å². The number of carboxylic acid groups (broad SMARTS) is 1.